The zero-order valence-corrected chi connectivity index (χ0v) is 16.4. The highest BCUT2D eigenvalue weighted by Gasteiger charge is 2.20. The number of amides is 1. The second-order valence-electron chi connectivity index (χ2n) is 6.74. The highest BCUT2D eigenvalue weighted by molar-refractivity contribution is 6.12. The second-order valence-corrected chi connectivity index (χ2v) is 6.74. The predicted molar refractivity (Wildman–Crippen MR) is 115 cm³/mol. The van der Waals surface area contributed by atoms with Crippen molar-refractivity contribution in [3.63, 3.8) is 0 Å². The van der Waals surface area contributed by atoms with Crippen LogP contribution in [0, 0.1) is 6.92 Å². The molecular weight excluding hydrogens is 398 g/mol. The number of hydrazone groups is 1. The molecule has 3 aromatic heterocycles. The summed E-state index contributed by atoms with van der Waals surface area (Å²) in [7, 11) is 0. The lowest BCUT2D eigenvalue weighted by Gasteiger charge is -2.03. The van der Waals surface area contributed by atoms with Crippen molar-refractivity contribution in [2.45, 2.75) is 6.92 Å². The van der Waals surface area contributed by atoms with Crippen molar-refractivity contribution in [2.24, 2.45) is 5.10 Å². The first-order valence-corrected chi connectivity index (χ1v) is 9.32. The highest BCUT2D eigenvalue weighted by atomic mass is 16.2. The van der Waals surface area contributed by atoms with Crippen LogP contribution in [0.1, 0.15) is 37.7 Å². The Bertz CT molecular complexity index is 1420. The van der Waals surface area contributed by atoms with Crippen LogP contribution in [0.4, 0.5) is 0 Å². The summed E-state index contributed by atoms with van der Waals surface area (Å²) in [6.07, 6.45) is 3.21. The summed E-state index contributed by atoms with van der Waals surface area (Å²) in [5, 5.41) is 3.95. The van der Waals surface area contributed by atoms with Gasteiger partial charge < -0.3 is 9.38 Å². The zero-order valence-electron chi connectivity index (χ0n) is 16.4. The number of nitrogens with one attached hydrogen (secondary N) is 3. The second kappa shape index (κ2) is 8.07. The standard InChI is InChI=1S/C22H17N5O4/c1-13-15(12-23-26-21(30)16-11-18(28)25-22(31)24-16)17-9-5-6-10-27(17)19(13)20(29)14-7-3-2-4-8-14/h2-12H,1H3,(H,26,30)(H2,24,25,28,31)/b23-12-. The van der Waals surface area contributed by atoms with Crippen LogP contribution in [0.15, 0.2) is 75.5 Å². The van der Waals surface area contributed by atoms with Crippen molar-refractivity contribution in [1.82, 2.24) is 19.8 Å². The molecule has 154 valence electrons. The molecule has 0 saturated heterocycles. The van der Waals surface area contributed by atoms with Gasteiger partial charge in [-0.1, -0.05) is 36.4 Å². The molecule has 3 heterocycles. The largest absolute Gasteiger partial charge is 0.326 e. The SMILES string of the molecule is Cc1c(/C=N\NC(=O)c2cc(=O)[nH]c(=O)[nH]2)c2ccccn2c1C(=O)c1ccccc1. The van der Waals surface area contributed by atoms with Gasteiger partial charge in [0.15, 0.2) is 0 Å². The number of benzene rings is 1. The quantitative estimate of drug-likeness (QED) is 0.260. The number of fused-ring (bicyclic) bond motifs is 1. The van der Waals surface area contributed by atoms with Crippen LogP contribution in [-0.4, -0.2) is 32.3 Å². The number of nitrogens with zero attached hydrogens (tertiary/aromatic N) is 2. The molecule has 0 spiro atoms. The molecule has 9 heteroatoms. The molecule has 4 aromatic rings. The minimum atomic E-state index is -0.792. The fourth-order valence-corrected chi connectivity index (χ4v) is 3.33. The number of aromatic nitrogens is 3. The molecule has 0 radical (unpaired) electrons. The Labute approximate surface area is 175 Å². The topological polar surface area (TPSA) is 129 Å². The number of pyridine rings is 1. The minimum absolute atomic E-state index is 0.135. The third kappa shape index (κ3) is 3.84. The van der Waals surface area contributed by atoms with Gasteiger partial charge in [0, 0.05) is 23.4 Å². The Morgan fingerprint density at radius 2 is 1.77 bits per heavy atom. The molecule has 4 rings (SSSR count). The van der Waals surface area contributed by atoms with E-state index in [1.165, 1.54) is 6.21 Å². The Morgan fingerprint density at radius 1 is 1.03 bits per heavy atom. The first-order chi connectivity index (χ1) is 15.0. The molecule has 3 N–H and O–H groups in total. The van der Waals surface area contributed by atoms with Crippen molar-refractivity contribution in [1.29, 1.82) is 0 Å². The lowest BCUT2D eigenvalue weighted by molar-refractivity contribution is 0.0948. The maximum Gasteiger partial charge on any atom is 0.326 e. The van der Waals surface area contributed by atoms with Gasteiger partial charge in [0.1, 0.15) is 5.69 Å². The number of carbonyl (C=O) groups excluding carboxylic acids is 2. The number of H-pyrrole nitrogens is 2. The van der Waals surface area contributed by atoms with Crippen LogP contribution >= 0.6 is 0 Å². The van der Waals surface area contributed by atoms with Crippen molar-refractivity contribution in [3.8, 4) is 0 Å². The molecule has 0 aliphatic heterocycles. The average molecular weight is 415 g/mol. The summed E-state index contributed by atoms with van der Waals surface area (Å²) in [6.45, 7) is 1.81. The Hall–Kier alpha value is -4.53. The van der Waals surface area contributed by atoms with Gasteiger partial charge in [-0.2, -0.15) is 5.10 Å². The van der Waals surface area contributed by atoms with E-state index in [1.807, 2.05) is 29.2 Å². The van der Waals surface area contributed by atoms with Gasteiger partial charge in [0.25, 0.3) is 11.5 Å². The van der Waals surface area contributed by atoms with Crippen molar-refractivity contribution in [2.75, 3.05) is 0 Å². The van der Waals surface area contributed by atoms with E-state index in [0.29, 0.717) is 22.4 Å². The fraction of sp³-hybridized carbons (Fsp3) is 0.0455. The number of aromatic amines is 2. The molecule has 31 heavy (non-hydrogen) atoms. The maximum absolute atomic E-state index is 13.1. The molecule has 1 amide bonds. The minimum Gasteiger partial charge on any atom is -0.313 e. The zero-order chi connectivity index (χ0) is 22.0. The summed E-state index contributed by atoms with van der Waals surface area (Å²) < 4.78 is 1.78. The Kier molecular flexibility index (Phi) is 5.15. The van der Waals surface area contributed by atoms with Crippen LogP contribution in [0.25, 0.3) is 5.52 Å². The van der Waals surface area contributed by atoms with E-state index in [9.17, 15) is 19.2 Å². The van der Waals surface area contributed by atoms with E-state index in [2.05, 4.69) is 15.5 Å². The summed E-state index contributed by atoms with van der Waals surface area (Å²) in [4.78, 5) is 52.2. The molecule has 0 aliphatic rings. The van der Waals surface area contributed by atoms with Gasteiger partial charge in [-0.05, 0) is 24.6 Å². The van der Waals surface area contributed by atoms with E-state index in [-0.39, 0.29) is 11.5 Å². The molecule has 0 atom stereocenters. The maximum atomic E-state index is 13.1. The first-order valence-electron chi connectivity index (χ1n) is 9.32. The van der Waals surface area contributed by atoms with Crippen LogP contribution in [-0.2, 0) is 0 Å². The van der Waals surface area contributed by atoms with Crippen molar-refractivity contribution < 1.29 is 9.59 Å². The molecule has 0 bridgehead atoms. The average Bonchev–Trinajstić information content (AvgIpc) is 3.04. The number of hydrogen-bond donors (Lipinski definition) is 3. The molecule has 9 nitrogen and oxygen atoms in total. The van der Waals surface area contributed by atoms with E-state index in [0.717, 1.165) is 11.6 Å². The molecule has 0 aliphatic carbocycles. The third-order valence-corrected chi connectivity index (χ3v) is 4.75. The molecule has 0 saturated carbocycles. The van der Waals surface area contributed by atoms with Crippen LogP contribution in [0.2, 0.25) is 0 Å². The molecule has 0 unspecified atom stereocenters. The van der Waals surface area contributed by atoms with E-state index in [4.69, 9.17) is 0 Å². The predicted octanol–water partition coefficient (Wildman–Crippen LogP) is 1.62. The summed E-state index contributed by atoms with van der Waals surface area (Å²) >= 11 is 0. The Morgan fingerprint density at radius 3 is 2.52 bits per heavy atom. The fourth-order valence-electron chi connectivity index (χ4n) is 3.33. The van der Waals surface area contributed by atoms with Crippen molar-refractivity contribution in [3.05, 3.63) is 110 Å². The number of hydrogen-bond acceptors (Lipinski definition) is 5. The number of ketones is 1. The Balaban J connectivity index is 1.69. The molecule has 0 fully saturated rings. The molecule has 1 aromatic carbocycles. The van der Waals surface area contributed by atoms with Crippen LogP contribution < -0.4 is 16.7 Å². The summed E-state index contributed by atoms with van der Waals surface area (Å²) in [6, 6.07) is 15.4. The van der Waals surface area contributed by atoms with Gasteiger partial charge in [-0.15, -0.1) is 0 Å². The summed E-state index contributed by atoms with van der Waals surface area (Å²) in [5.74, 6) is -0.884. The van der Waals surface area contributed by atoms with Crippen molar-refractivity contribution >= 4 is 23.4 Å². The van der Waals surface area contributed by atoms with Gasteiger partial charge in [0.05, 0.1) is 17.4 Å². The third-order valence-electron chi connectivity index (χ3n) is 4.75. The van der Waals surface area contributed by atoms with Crippen LogP contribution in [0.3, 0.4) is 0 Å². The van der Waals surface area contributed by atoms with Gasteiger partial charge in [-0.25, -0.2) is 10.2 Å². The van der Waals surface area contributed by atoms with Gasteiger partial charge in [0.2, 0.25) is 5.78 Å². The monoisotopic (exact) mass is 415 g/mol. The van der Waals surface area contributed by atoms with Crippen LogP contribution in [0.5, 0.6) is 0 Å². The van der Waals surface area contributed by atoms with E-state index >= 15 is 0 Å². The normalized spacial score (nSPS) is 11.1. The lowest BCUT2D eigenvalue weighted by atomic mass is 10.0. The van der Waals surface area contributed by atoms with E-state index < -0.39 is 17.2 Å². The summed E-state index contributed by atoms with van der Waals surface area (Å²) in [5.41, 5.74) is 3.71. The number of carbonyl (C=O) groups is 2. The van der Waals surface area contributed by atoms with Gasteiger partial charge >= 0.3 is 5.69 Å². The lowest BCUT2D eigenvalue weighted by Crippen LogP contribution is -2.28. The molecular formula is C22H17N5O4. The van der Waals surface area contributed by atoms with Gasteiger partial charge in [-0.3, -0.25) is 19.4 Å². The smallest absolute Gasteiger partial charge is 0.313 e. The first kappa shape index (κ1) is 19.8. The van der Waals surface area contributed by atoms with E-state index in [1.54, 1.807) is 41.8 Å². The highest BCUT2D eigenvalue weighted by Crippen LogP contribution is 2.24. The number of rotatable bonds is 5.